The van der Waals surface area contributed by atoms with Gasteiger partial charge in [0.25, 0.3) is 10.0 Å². The van der Waals surface area contributed by atoms with Crippen molar-refractivity contribution in [3.8, 4) is 0 Å². The highest BCUT2D eigenvalue weighted by atomic mass is 35.5. The zero-order chi connectivity index (χ0) is 13.3. The molecule has 0 atom stereocenters. The fraction of sp³-hybridized carbons (Fsp3) is 0.100. The molecular weight excluding hydrogens is 276 g/mol. The van der Waals surface area contributed by atoms with Gasteiger partial charge in [-0.25, -0.2) is 8.42 Å². The van der Waals surface area contributed by atoms with E-state index in [0.717, 1.165) is 0 Å². The fourth-order valence-corrected chi connectivity index (χ4v) is 2.71. The van der Waals surface area contributed by atoms with Crippen molar-refractivity contribution in [2.24, 2.45) is 0 Å². The van der Waals surface area contributed by atoms with Crippen molar-refractivity contribution >= 4 is 33.1 Å². The van der Waals surface area contributed by atoms with Crippen LogP contribution in [0.2, 0.25) is 5.02 Å². The molecule has 0 fully saturated rings. The molecule has 6 nitrogen and oxygen atoms in total. The highest BCUT2D eigenvalue weighted by molar-refractivity contribution is 7.92. The molecule has 0 aliphatic heterocycles. The Kier molecular flexibility index (Phi) is 3.18. The molecule has 0 radical (unpaired) electrons. The van der Waals surface area contributed by atoms with E-state index in [1.54, 1.807) is 6.92 Å². The van der Waals surface area contributed by atoms with Gasteiger partial charge < -0.3 is 5.73 Å². The van der Waals surface area contributed by atoms with Gasteiger partial charge in [-0.2, -0.15) is 5.10 Å². The number of aromatic nitrogens is 2. The predicted molar refractivity (Wildman–Crippen MR) is 70.0 cm³/mol. The lowest BCUT2D eigenvalue weighted by molar-refractivity contribution is 0.601. The Balaban J connectivity index is 2.42. The maximum atomic E-state index is 12.0. The van der Waals surface area contributed by atoms with Crippen molar-refractivity contribution in [2.75, 3.05) is 10.5 Å². The normalized spacial score (nSPS) is 11.4. The second-order valence-electron chi connectivity index (χ2n) is 3.70. The molecule has 0 saturated carbocycles. The van der Waals surface area contributed by atoms with Crippen LogP contribution in [0.15, 0.2) is 29.3 Å². The Hall–Kier alpha value is -1.73. The average Bonchev–Trinajstić information content (AvgIpc) is 2.77. The summed E-state index contributed by atoms with van der Waals surface area (Å²) < 4.78 is 26.4. The second kappa shape index (κ2) is 4.51. The third-order valence-corrected chi connectivity index (χ3v) is 4.15. The molecule has 1 aromatic carbocycles. The number of anilines is 2. The van der Waals surface area contributed by atoms with Crippen molar-refractivity contribution in [2.45, 2.75) is 11.8 Å². The monoisotopic (exact) mass is 286 g/mol. The lowest BCUT2D eigenvalue weighted by Gasteiger charge is -2.09. The summed E-state index contributed by atoms with van der Waals surface area (Å²) >= 11 is 5.91. The van der Waals surface area contributed by atoms with E-state index in [9.17, 15) is 8.42 Å². The van der Waals surface area contributed by atoms with E-state index in [1.165, 1.54) is 24.4 Å². The molecule has 2 rings (SSSR count). The Morgan fingerprint density at radius 1 is 1.44 bits per heavy atom. The molecule has 8 heteroatoms. The number of hydrogen-bond acceptors (Lipinski definition) is 4. The standard InChI is InChI=1S/C10H11ClN4O2S/c1-6-8(11)4-7(5-9(6)12)18(16,17)15-10-2-3-13-14-10/h2-5H,12H2,1H3,(H2,13,14,15). The number of nitrogens with two attached hydrogens (primary N) is 1. The number of H-pyrrole nitrogens is 1. The number of rotatable bonds is 3. The smallest absolute Gasteiger partial charge is 0.263 e. The van der Waals surface area contributed by atoms with E-state index in [2.05, 4.69) is 14.9 Å². The van der Waals surface area contributed by atoms with Gasteiger partial charge in [-0.3, -0.25) is 9.82 Å². The Labute approximate surface area is 109 Å². The van der Waals surface area contributed by atoms with E-state index in [-0.39, 0.29) is 10.7 Å². The first-order chi connectivity index (χ1) is 8.40. The average molecular weight is 287 g/mol. The molecule has 4 N–H and O–H groups in total. The van der Waals surface area contributed by atoms with Crippen LogP contribution in [0.1, 0.15) is 5.56 Å². The van der Waals surface area contributed by atoms with Crippen LogP contribution < -0.4 is 10.5 Å². The van der Waals surface area contributed by atoms with E-state index in [1.807, 2.05) is 0 Å². The Morgan fingerprint density at radius 3 is 2.72 bits per heavy atom. The summed E-state index contributed by atoms with van der Waals surface area (Å²) in [6, 6.07) is 4.21. The first-order valence-corrected chi connectivity index (χ1v) is 6.84. The summed E-state index contributed by atoms with van der Waals surface area (Å²) in [6.45, 7) is 1.72. The predicted octanol–water partition coefficient (Wildman–Crippen LogP) is 1.75. The van der Waals surface area contributed by atoms with Gasteiger partial charge in [0, 0.05) is 16.8 Å². The molecule has 0 spiro atoms. The van der Waals surface area contributed by atoms with E-state index in [4.69, 9.17) is 17.3 Å². The summed E-state index contributed by atoms with van der Waals surface area (Å²) in [5.74, 6) is 0.269. The van der Waals surface area contributed by atoms with Gasteiger partial charge in [-0.05, 0) is 24.6 Å². The molecule has 0 amide bonds. The number of nitrogens with one attached hydrogen (secondary N) is 2. The molecule has 1 heterocycles. The van der Waals surface area contributed by atoms with Crippen LogP contribution in [0.5, 0.6) is 0 Å². The number of halogens is 1. The molecule has 0 aliphatic carbocycles. The zero-order valence-electron chi connectivity index (χ0n) is 9.44. The minimum absolute atomic E-state index is 0.00481. The number of benzene rings is 1. The topological polar surface area (TPSA) is 101 Å². The largest absolute Gasteiger partial charge is 0.398 e. The van der Waals surface area contributed by atoms with Crippen LogP contribution in [0.25, 0.3) is 0 Å². The molecule has 1 aromatic heterocycles. The van der Waals surface area contributed by atoms with E-state index in [0.29, 0.717) is 16.3 Å². The molecule has 0 unspecified atom stereocenters. The summed E-state index contributed by atoms with van der Waals surface area (Å²) in [6.07, 6.45) is 1.44. The number of sulfonamides is 1. The summed E-state index contributed by atoms with van der Waals surface area (Å²) in [5, 5.41) is 6.45. The van der Waals surface area contributed by atoms with Crippen LogP contribution in [0.4, 0.5) is 11.5 Å². The lowest BCUT2D eigenvalue weighted by Crippen LogP contribution is -2.14. The van der Waals surface area contributed by atoms with Crippen LogP contribution in [0.3, 0.4) is 0 Å². The highest BCUT2D eigenvalue weighted by Crippen LogP contribution is 2.26. The maximum absolute atomic E-state index is 12.0. The number of hydrogen-bond donors (Lipinski definition) is 3. The molecule has 2 aromatic rings. The van der Waals surface area contributed by atoms with Crippen LogP contribution >= 0.6 is 11.6 Å². The van der Waals surface area contributed by atoms with Crippen LogP contribution in [0, 0.1) is 6.92 Å². The number of aromatic amines is 1. The van der Waals surface area contributed by atoms with Gasteiger partial charge in [0.2, 0.25) is 0 Å². The lowest BCUT2D eigenvalue weighted by atomic mass is 10.2. The fourth-order valence-electron chi connectivity index (χ4n) is 1.35. The summed E-state index contributed by atoms with van der Waals surface area (Å²) in [5.41, 5.74) is 6.67. The second-order valence-corrected chi connectivity index (χ2v) is 5.78. The third kappa shape index (κ3) is 2.41. The Morgan fingerprint density at radius 2 is 2.17 bits per heavy atom. The first kappa shape index (κ1) is 12.7. The van der Waals surface area contributed by atoms with Crippen molar-refractivity contribution in [1.82, 2.24) is 10.2 Å². The van der Waals surface area contributed by atoms with Gasteiger partial charge in [0.05, 0.1) is 11.1 Å². The molecule has 0 aliphatic rings. The highest BCUT2D eigenvalue weighted by Gasteiger charge is 2.17. The van der Waals surface area contributed by atoms with Crippen molar-refractivity contribution < 1.29 is 8.42 Å². The van der Waals surface area contributed by atoms with Crippen molar-refractivity contribution in [1.29, 1.82) is 0 Å². The summed E-state index contributed by atoms with van der Waals surface area (Å²) in [7, 11) is -3.73. The van der Waals surface area contributed by atoms with Gasteiger partial charge in [-0.15, -0.1) is 0 Å². The molecule has 96 valence electrons. The molecule has 0 saturated heterocycles. The molecular formula is C10H11ClN4O2S. The molecule has 0 bridgehead atoms. The number of nitrogens with zero attached hydrogens (tertiary/aromatic N) is 1. The van der Waals surface area contributed by atoms with Crippen LogP contribution in [-0.2, 0) is 10.0 Å². The zero-order valence-corrected chi connectivity index (χ0v) is 11.0. The van der Waals surface area contributed by atoms with Crippen molar-refractivity contribution in [3.63, 3.8) is 0 Å². The SMILES string of the molecule is Cc1c(N)cc(S(=O)(=O)Nc2ccn[nH]2)cc1Cl. The van der Waals surface area contributed by atoms with Crippen LogP contribution in [-0.4, -0.2) is 18.6 Å². The summed E-state index contributed by atoms with van der Waals surface area (Å²) in [4.78, 5) is 0.00481. The number of nitrogen functional groups attached to an aromatic ring is 1. The third-order valence-electron chi connectivity index (χ3n) is 2.41. The van der Waals surface area contributed by atoms with Gasteiger partial charge in [0.1, 0.15) is 5.82 Å². The minimum atomic E-state index is -3.73. The quantitative estimate of drug-likeness (QED) is 0.748. The maximum Gasteiger partial charge on any atom is 0.263 e. The van der Waals surface area contributed by atoms with Gasteiger partial charge in [0.15, 0.2) is 0 Å². The minimum Gasteiger partial charge on any atom is -0.398 e. The van der Waals surface area contributed by atoms with E-state index < -0.39 is 10.0 Å². The van der Waals surface area contributed by atoms with E-state index >= 15 is 0 Å². The van der Waals surface area contributed by atoms with Crippen molar-refractivity contribution in [3.05, 3.63) is 35.0 Å². The molecule has 18 heavy (non-hydrogen) atoms. The van der Waals surface area contributed by atoms with Gasteiger partial charge in [-0.1, -0.05) is 11.6 Å². The first-order valence-electron chi connectivity index (χ1n) is 4.98. The Bertz CT molecular complexity index is 644. The van der Waals surface area contributed by atoms with Gasteiger partial charge >= 0.3 is 0 Å².